The molecule has 0 N–H and O–H groups in total. The fraction of sp³-hybridized carbons (Fsp3) is 0.0400. The van der Waals surface area contributed by atoms with Crippen LogP contribution in [0, 0.1) is 0 Å². The lowest BCUT2D eigenvalue weighted by Crippen LogP contribution is -2.04. The number of rotatable bonds is 5. The molecule has 0 atom stereocenters. The molecule has 282 valence electrons. The highest BCUT2D eigenvalue weighted by Crippen LogP contribution is 2.41. The molecular weight excluding hydrogens is 743 g/mol. The second kappa shape index (κ2) is 13.3. The minimum atomic E-state index is -4.59. The summed E-state index contributed by atoms with van der Waals surface area (Å²) >= 11 is 0. The number of alkyl halides is 6. The van der Waals surface area contributed by atoms with E-state index in [-0.39, 0.29) is 11.1 Å². The number of nitrogens with zero attached hydrogens (tertiary/aromatic N) is 2. The van der Waals surface area contributed by atoms with E-state index in [1.165, 1.54) is 12.1 Å². The van der Waals surface area contributed by atoms with E-state index in [4.69, 9.17) is 0 Å². The Labute approximate surface area is 328 Å². The van der Waals surface area contributed by atoms with Crippen molar-refractivity contribution in [2.45, 2.75) is 12.4 Å². The maximum Gasteiger partial charge on any atom is 0.416 e. The predicted molar refractivity (Wildman–Crippen MR) is 221 cm³/mol. The summed E-state index contributed by atoms with van der Waals surface area (Å²) in [7, 11) is 0. The molecule has 8 aromatic carbocycles. The van der Waals surface area contributed by atoms with Gasteiger partial charge in [-0.05, 0) is 118 Å². The van der Waals surface area contributed by atoms with Crippen molar-refractivity contribution in [1.82, 2.24) is 9.13 Å². The van der Waals surface area contributed by atoms with Crippen molar-refractivity contribution < 1.29 is 26.3 Å². The van der Waals surface area contributed by atoms with Gasteiger partial charge in [-0.15, -0.1) is 0 Å². The van der Waals surface area contributed by atoms with Gasteiger partial charge in [0.25, 0.3) is 0 Å². The molecule has 0 aliphatic carbocycles. The van der Waals surface area contributed by atoms with Crippen LogP contribution < -0.4 is 0 Å². The monoisotopic (exact) mass is 772 g/mol. The van der Waals surface area contributed by atoms with Gasteiger partial charge < -0.3 is 9.13 Å². The van der Waals surface area contributed by atoms with Gasteiger partial charge in [0.05, 0.1) is 33.2 Å². The average molecular weight is 773 g/mol. The van der Waals surface area contributed by atoms with Crippen molar-refractivity contribution in [2.75, 3.05) is 0 Å². The van der Waals surface area contributed by atoms with Gasteiger partial charge in [-0.2, -0.15) is 26.3 Å². The van der Waals surface area contributed by atoms with Crippen LogP contribution in [0.25, 0.3) is 88.4 Å². The van der Waals surface area contributed by atoms with Crippen molar-refractivity contribution in [3.63, 3.8) is 0 Å². The maximum absolute atomic E-state index is 14.0. The molecule has 0 aliphatic rings. The molecule has 2 heterocycles. The van der Waals surface area contributed by atoms with Gasteiger partial charge in [0.2, 0.25) is 0 Å². The molecule has 0 spiro atoms. The Balaban J connectivity index is 1.29. The molecule has 0 radical (unpaired) electrons. The molecule has 0 unspecified atom stereocenters. The van der Waals surface area contributed by atoms with Gasteiger partial charge in [-0.3, -0.25) is 0 Å². The third kappa shape index (κ3) is 6.00. The molecule has 0 amide bonds. The fourth-order valence-electron chi connectivity index (χ4n) is 8.30. The molecule has 2 nitrogen and oxygen atoms in total. The van der Waals surface area contributed by atoms with E-state index < -0.39 is 23.5 Å². The van der Waals surface area contributed by atoms with Crippen molar-refractivity contribution in [1.29, 1.82) is 0 Å². The summed E-state index contributed by atoms with van der Waals surface area (Å²) in [6, 6.07) is 54.2. The predicted octanol–water partition coefficient (Wildman–Crippen LogP) is 14.9. The van der Waals surface area contributed by atoms with E-state index in [0.717, 1.165) is 84.8 Å². The molecule has 10 rings (SSSR count). The van der Waals surface area contributed by atoms with Crippen molar-refractivity contribution in [3.05, 3.63) is 193 Å². The van der Waals surface area contributed by atoms with Gasteiger partial charge in [0.1, 0.15) is 0 Å². The summed E-state index contributed by atoms with van der Waals surface area (Å²) in [6.07, 6.45) is -9.18. The van der Waals surface area contributed by atoms with Crippen LogP contribution in [0.3, 0.4) is 0 Å². The normalized spacial score (nSPS) is 12.3. The molecule has 0 saturated carbocycles. The summed E-state index contributed by atoms with van der Waals surface area (Å²) < 4.78 is 88.5. The zero-order valence-electron chi connectivity index (χ0n) is 30.5. The first-order chi connectivity index (χ1) is 28.0. The van der Waals surface area contributed by atoms with E-state index in [1.807, 2.05) is 72.8 Å². The standard InChI is InChI=1S/C50H30F6N2/c51-49(52,53)37-13-9-11-31(26-37)33-23-34(32-12-10-14-38(27-32)50(54,55)56)25-35(24-33)36-28-39(57-45-19-5-1-15-41(45)42-16-2-6-20-46(42)57)30-40(29-36)58-47-21-7-3-17-43(47)44-18-4-8-22-48(44)58/h1-30H. The number of benzene rings is 8. The molecular formula is C50H30F6N2. The van der Waals surface area contributed by atoms with Crippen LogP contribution in [0.1, 0.15) is 11.1 Å². The largest absolute Gasteiger partial charge is 0.416 e. The first kappa shape index (κ1) is 35.4. The highest BCUT2D eigenvalue weighted by atomic mass is 19.4. The van der Waals surface area contributed by atoms with Gasteiger partial charge >= 0.3 is 12.4 Å². The SMILES string of the molecule is FC(F)(F)c1cccc(-c2cc(-c3cc(-n4c5ccccc5c5ccccc54)cc(-n4c5ccccc5c5ccccc54)c3)cc(-c3cccc(C(F)(F)F)c3)c2)c1. The molecule has 0 fully saturated rings. The summed E-state index contributed by atoms with van der Waals surface area (Å²) in [5.41, 5.74) is 6.71. The van der Waals surface area contributed by atoms with E-state index in [1.54, 1.807) is 18.2 Å². The third-order valence-electron chi connectivity index (χ3n) is 10.9. The fourth-order valence-corrected chi connectivity index (χ4v) is 8.30. The Morgan fingerprint density at radius 2 is 0.586 bits per heavy atom. The average Bonchev–Trinajstić information content (AvgIpc) is 3.76. The van der Waals surface area contributed by atoms with E-state index in [9.17, 15) is 26.3 Å². The molecule has 10 aromatic rings. The van der Waals surface area contributed by atoms with E-state index >= 15 is 0 Å². The second-order valence-electron chi connectivity index (χ2n) is 14.4. The van der Waals surface area contributed by atoms with E-state index in [2.05, 4.69) is 63.7 Å². The summed E-state index contributed by atoms with van der Waals surface area (Å²) in [5.74, 6) is 0. The Hall–Kier alpha value is -7.06. The Morgan fingerprint density at radius 3 is 0.931 bits per heavy atom. The number of para-hydroxylation sites is 4. The first-order valence-electron chi connectivity index (χ1n) is 18.6. The van der Waals surface area contributed by atoms with Crippen molar-refractivity contribution >= 4 is 43.6 Å². The van der Waals surface area contributed by atoms with Crippen LogP contribution in [0.5, 0.6) is 0 Å². The van der Waals surface area contributed by atoms with Crippen LogP contribution in [-0.2, 0) is 12.4 Å². The lowest BCUT2D eigenvalue weighted by Gasteiger charge is -2.18. The highest BCUT2D eigenvalue weighted by molar-refractivity contribution is 6.10. The van der Waals surface area contributed by atoms with Crippen LogP contribution in [0.15, 0.2) is 182 Å². The summed E-state index contributed by atoms with van der Waals surface area (Å²) in [4.78, 5) is 0. The lowest BCUT2D eigenvalue weighted by molar-refractivity contribution is -0.138. The number of halogens is 6. The zero-order chi connectivity index (χ0) is 39.8. The minimum absolute atomic E-state index is 0.283. The number of aromatic nitrogens is 2. The molecule has 0 saturated heterocycles. The molecule has 0 aliphatic heterocycles. The van der Waals surface area contributed by atoms with Gasteiger partial charge in [0.15, 0.2) is 0 Å². The second-order valence-corrected chi connectivity index (χ2v) is 14.4. The summed E-state index contributed by atoms with van der Waals surface area (Å²) in [6.45, 7) is 0. The lowest BCUT2D eigenvalue weighted by atomic mass is 9.92. The number of fused-ring (bicyclic) bond motifs is 6. The molecule has 2 aromatic heterocycles. The zero-order valence-corrected chi connectivity index (χ0v) is 30.5. The molecule has 58 heavy (non-hydrogen) atoms. The number of hydrogen-bond acceptors (Lipinski definition) is 0. The summed E-state index contributed by atoms with van der Waals surface area (Å²) in [5, 5.41) is 4.28. The van der Waals surface area contributed by atoms with Crippen LogP contribution in [0.2, 0.25) is 0 Å². The van der Waals surface area contributed by atoms with Gasteiger partial charge in [0, 0.05) is 32.9 Å². The number of hydrogen-bond donors (Lipinski definition) is 0. The van der Waals surface area contributed by atoms with Gasteiger partial charge in [-0.1, -0.05) is 97.1 Å². The van der Waals surface area contributed by atoms with Crippen molar-refractivity contribution in [2.24, 2.45) is 0 Å². The first-order valence-corrected chi connectivity index (χ1v) is 18.6. The van der Waals surface area contributed by atoms with Crippen LogP contribution >= 0.6 is 0 Å². The Morgan fingerprint density at radius 1 is 0.276 bits per heavy atom. The highest BCUT2D eigenvalue weighted by Gasteiger charge is 2.32. The van der Waals surface area contributed by atoms with Crippen LogP contribution in [-0.4, -0.2) is 9.13 Å². The topological polar surface area (TPSA) is 9.86 Å². The maximum atomic E-state index is 14.0. The molecule has 8 heteroatoms. The van der Waals surface area contributed by atoms with Crippen LogP contribution in [0.4, 0.5) is 26.3 Å². The minimum Gasteiger partial charge on any atom is -0.309 e. The van der Waals surface area contributed by atoms with Crippen molar-refractivity contribution in [3.8, 4) is 44.8 Å². The molecule has 0 bridgehead atoms. The Kier molecular flexibility index (Phi) is 8.09. The Bertz CT molecular complexity index is 2900. The van der Waals surface area contributed by atoms with Gasteiger partial charge in [-0.25, -0.2) is 0 Å². The smallest absolute Gasteiger partial charge is 0.309 e. The van der Waals surface area contributed by atoms with E-state index in [0.29, 0.717) is 16.7 Å². The quantitative estimate of drug-likeness (QED) is 0.154. The third-order valence-corrected chi connectivity index (χ3v) is 10.9.